The van der Waals surface area contributed by atoms with Crippen LogP contribution in [-0.4, -0.2) is 58.3 Å². The average molecular weight is 370 g/mol. The van der Waals surface area contributed by atoms with E-state index in [1.807, 2.05) is 0 Å². The van der Waals surface area contributed by atoms with Gasteiger partial charge in [-0.15, -0.1) is 5.10 Å². The average Bonchev–Trinajstić information content (AvgIpc) is 2.96. The van der Waals surface area contributed by atoms with Crippen molar-refractivity contribution in [2.45, 2.75) is 19.6 Å². The van der Waals surface area contributed by atoms with Gasteiger partial charge in [-0.3, -0.25) is 4.79 Å². The second-order valence-corrected chi connectivity index (χ2v) is 5.13. The Morgan fingerprint density at radius 1 is 1.31 bits per heavy atom. The van der Waals surface area contributed by atoms with Gasteiger partial charge in [-0.25, -0.2) is 9.48 Å². The van der Waals surface area contributed by atoms with Crippen LogP contribution in [0, 0.1) is 6.92 Å². The number of rotatable bonds is 8. The van der Waals surface area contributed by atoms with Crippen LogP contribution in [0.1, 0.15) is 16.2 Å². The fourth-order valence-corrected chi connectivity index (χ4v) is 2.12. The SMILES string of the molecule is COCC(NC(=O)c1nnn(-c2ccc(OC(F)F)cc2)c1C)C(=O)O. The molecule has 0 aliphatic rings. The molecule has 140 valence electrons. The van der Waals surface area contributed by atoms with E-state index in [9.17, 15) is 18.4 Å². The Balaban J connectivity index is 2.18. The first-order chi connectivity index (χ1) is 12.3. The monoisotopic (exact) mass is 370 g/mol. The topological polar surface area (TPSA) is 116 Å². The van der Waals surface area contributed by atoms with Crippen molar-refractivity contribution < 1.29 is 33.0 Å². The van der Waals surface area contributed by atoms with Crippen molar-refractivity contribution in [3.8, 4) is 11.4 Å². The van der Waals surface area contributed by atoms with Crippen molar-refractivity contribution >= 4 is 11.9 Å². The minimum absolute atomic E-state index is 0.0247. The highest BCUT2D eigenvalue weighted by Gasteiger charge is 2.24. The third kappa shape index (κ3) is 4.51. The maximum absolute atomic E-state index is 12.2. The molecule has 1 aromatic heterocycles. The van der Waals surface area contributed by atoms with Crippen LogP contribution in [0.2, 0.25) is 0 Å². The number of nitrogens with one attached hydrogen (secondary N) is 1. The molecule has 0 fully saturated rings. The Bertz CT molecular complexity index is 779. The quantitative estimate of drug-likeness (QED) is 0.712. The molecule has 2 N–H and O–H groups in total. The van der Waals surface area contributed by atoms with E-state index in [1.165, 1.54) is 36.1 Å². The number of nitrogens with zero attached hydrogens (tertiary/aromatic N) is 3. The predicted octanol–water partition coefficient (Wildman–Crippen LogP) is 1.01. The number of methoxy groups -OCH3 is 1. The van der Waals surface area contributed by atoms with Gasteiger partial charge in [-0.05, 0) is 31.2 Å². The first kappa shape index (κ1) is 19.2. The number of aliphatic carboxylic acids is 1. The Morgan fingerprint density at radius 3 is 2.50 bits per heavy atom. The molecule has 0 bridgehead atoms. The molecule has 1 atom stereocenters. The number of aromatic nitrogens is 3. The lowest BCUT2D eigenvalue weighted by Crippen LogP contribution is -2.44. The van der Waals surface area contributed by atoms with E-state index in [2.05, 4.69) is 20.4 Å². The number of halogens is 2. The van der Waals surface area contributed by atoms with Gasteiger partial charge in [0.25, 0.3) is 5.91 Å². The van der Waals surface area contributed by atoms with Crippen LogP contribution in [0.3, 0.4) is 0 Å². The number of benzene rings is 1. The van der Waals surface area contributed by atoms with E-state index in [-0.39, 0.29) is 18.1 Å². The second kappa shape index (κ2) is 8.34. The molecule has 11 heteroatoms. The number of amides is 1. The number of carbonyl (C=O) groups is 2. The molecule has 2 aromatic rings. The Labute approximate surface area is 146 Å². The molecule has 0 aliphatic heterocycles. The Kier molecular flexibility index (Phi) is 6.17. The molecule has 0 radical (unpaired) electrons. The van der Waals surface area contributed by atoms with E-state index >= 15 is 0 Å². The Morgan fingerprint density at radius 2 is 1.96 bits per heavy atom. The number of hydrogen-bond acceptors (Lipinski definition) is 6. The smallest absolute Gasteiger partial charge is 0.387 e. The second-order valence-electron chi connectivity index (χ2n) is 5.13. The molecule has 0 aliphatic carbocycles. The van der Waals surface area contributed by atoms with Crippen LogP contribution in [0.15, 0.2) is 24.3 Å². The highest BCUT2D eigenvalue weighted by Crippen LogP contribution is 2.18. The summed E-state index contributed by atoms with van der Waals surface area (Å²) in [5, 5.41) is 18.9. The number of carbonyl (C=O) groups excluding carboxylic acids is 1. The van der Waals surface area contributed by atoms with Crippen molar-refractivity contribution in [3.05, 3.63) is 35.7 Å². The summed E-state index contributed by atoms with van der Waals surface area (Å²) < 4.78 is 34.7. The molecule has 1 unspecified atom stereocenters. The molecule has 1 amide bonds. The molecule has 9 nitrogen and oxygen atoms in total. The van der Waals surface area contributed by atoms with Crippen molar-refractivity contribution in [1.82, 2.24) is 20.3 Å². The van der Waals surface area contributed by atoms with Gasteiger partial charge < -0.3 is 19.9 Å². The molecular weight excluding hydrogens is 354 g/mol. The molecule has 1 aromatic carbocycles. The summed E-state index contributed by atoms with van der Waals surface area (Å²) in [5.74, 6) is -2.00. The minimum atomic E-state index is -2.93. The van der Waals surface area contributed by atoms with Gasteiger partial charge in [0.2, 0.25) is 0 Å². The van der Waals surface area contributed by atoms with Gasteiger partial charge in [0.1, 0.15) is 5.75 Å². The van der Waals surface area contributed by atoms with Crippen LogP contribution in [-0.2, 0) is 9.53 Å². The first-order valence-corrected chi connectivity index (χ1v) is 7.33. The van der Waals surface area contributed by atoms with Crippen LogP contribution in [0.25, 0.3) is 5.69 Å². The lowest BCUT2D eigenvalue weighted by Gasteiger charge is -2.12. The summed E-state index contributed by atoms with van der Waals surface area (Å²) >= 11 is 0. The van der Waals surface area contributed by atoms with Gasteiger partial charge >= 0.3 is 12.6 Å². The predicted molar refractivity (Wildman–Crippen MR) is 83.5 cm³/mol. The minimum Gasteiger partial charge on any atom is -0.480 e. The van der Waals surface area contributed by atoms with Crippen molar-refractivity contribution in [2.24, 2.45) is 0 Å². The highest BCUT2D eigenvalue weighted by molar-refractivity contribution is 5.95. The maximum atomic E-state index is 12.2. The number of ether oxygens (including phenoxy) is 2. The summed E-state index contributed by atoms with van der Waals surface area (Å²) in [6.45, 7) is -1.58. The van der Waals surface area contributed by atoms with E-state index in [4.69, 9.17) is 9.84 Å². The van der Waals surface area contributed by atoms with Gasteiger partial charge in [-0.2, -0.15) is 8.78 Å². The molecule has 0 spiro atoms. The number of carboxylic acid groups (broad SMARTS) is 1. The molecule has 1 heterocycles. The van der Waals surface area contributed by atoms with Crippen LogP contribution >= 0.6 is 0 Å². The molecule has 2 rings (SSSR count). The summed E-state index contributed by atoms with van der Waals surface area (Å²) in [7, 11) is 1.31. The standard InChI is InChI=1S/C15H16F2N4O5/c1-8-12(13(22)18-11(7-25-2)14(23)24)19-20-21(8)9-3-5-10(6-4-9)26-15(16)17/h3-6,11,15H,7H2,1-2H3,(H,18,22)(H,23,24). The summed E-state index contributed by atoms with van der Waals surface area (Å²) in [6, 6.07) is 4.34. The van der Waals surface area contributed by atoms with Crippen molar-refractivity contribution in [2.75, 3.05) is 13.7 Å². The summed E-state index contributed by atoms with van der Waals surface area (Å²) in [6.07, 6.45) is 0. The lowest BCUT2D eigenvalue weighted by atomic mass is 10.2. The summed E-state index contributed by atoms with van der Waals surface area (Å²) in [4.78, 5) is 23.3. The number of carboxylic acids is 1. The third-order valence-corrected chi connectivity index (χ3v) is 3.35. The molecule has 0 saturated heterocycles. The van der Waals surface area contributed by atoms with Gasteiger partial charge in [0, 0.05) is 7.11 Å². The zero-order valence-electron chi connectivity index (χ0n) is 13.8. The zero-order valence-corrected chi connectivity index (χ0v) is 13.8. The van der Waals surface area contributed by atoms with E-state index < -0.39 is 24.5 Å². The Hall–Kier alpha value is -3.08. The van der Waals surface area contributed by atoms with E-state index in [1.54, 1.807) is 6.92 Å². The van der Waals surface area contributed by atoms with Crippen LogP contribution in [0.4, 0.5) is 8.78 Å². The van der Waals surface area contributed by atoms with Crippen LogP contribution < -0.4 is 10.1 Å². The largest absolute Gasteiger partial charge is 0.480 e. The first-order valence-electron chi connectivity index (χ1n) is 7.33. The zero-order chi connectivity index (χ0) is 19.3. The molecular formula is C15H16F2N4O5. The van der Waals surface area contributed by atoms with E-state index in [0.29, 0.717) is 11.4 Å². The van der Waals surface area contributed by atoms with Crippen molar-refractivity contribution in [1.29, 1.82) is 0 Å². The fraction of sp³-hybridized carbons (Fsp3) is 0.333. The van der Waals surface area contributed by atoms with Gasteiger partial charge in [0.15, 0.2) is 11.7 Å². The van der Waals surface area contributed by atoms with Crippen molar-refractivity contribution in [3.63, 3.8) is 0 Å². The van der Waals surface area contributed by atoms with Gasteiger partial charge in [-0.1, -0.05) is 5.21 Å². The maximum Gasteiger partial charge on any atom is 0.387 e. The number of alkyl halides is 2. The number of hydrogen-bond donors (Lipinski definition) is 2. The van der Waals surface area contributed by atoms with Crippen LogP contribution in [0.5, 0.6) is 5.75 Å². The van der Waals surface area contributed by atoms with E-state index in [0.717, 1.165) is 0 Å². The normalized spacial score (nSPS) is 12.0. The van der Waals surface area contributed by atoms with Gasteiger partial charge in [0.05, 0.1) is 18.0 Å². The lowest BCUT2D eigenvalue weighted by molar-refractivity contribution is -0.140. The highest BCUT2D eigenvalue weighted by atomic mass is 19.3. The molecule has 0 saturated carbocycles. The summed E-state index contributed by atoms with van der Waals surface area (Å²) in [5.41, 5.74) is 0.731. The fourth-order valence-electron chi connectivity index (χ4n) is 2.12. The third-order valence-electron chi connectivity index (χ3n) is 3.35. The molecule has 26 heavy (non-hydrogen) atoms.